The maximum Gasteiger partial charge on any atom is 0.0705 e. The Balaban J connectivity index is 2.41. The summed E-state index contributed by atoms with van der Waals surface area (Å²) in [5.74, 6) is 0. The summed E-state index contributed by atoms with van der Waals surface area (Å²) in [6.45, 7) is 3.65. The molecule has 1 radical (unpaired) electrons. The van der Waals surface area contributed by atoms with Crippen molar-refractivity contribution in [1.82, 2.24) is 4.98 Å². The van der Waals surface area contributed by atoms with Gasteiger partial charge in [0.1, 0.15) is 0 Å². The van der Waals surface area contributed by atoms with Crippen molar-refractivity contribution in [2.75, 3.05) is 0 Å². The van der Waals surface area contributed by atoms with Crippen molar-refractivity contribution in [1.29, 1.82) is 0 Å². The van der Waals surface area contributed by atoms with Crippen LogP contribution in [0.2, 0.25) is 0 Å². The molecule has 0 aliphatic heterocycles. The predicted molar refractivity (Wildman–Crippen MR) is 59.9 cm³/mol. The summed E-state index contributed by atoms with van der Waals surface area (Å²) >= 11 is 0. The first-order valence-electron chi connectivity index (χ1n) is 4.69. The zero-order chi connectivity index (χ0) is 9.80. The Labute approximate surface area is 84.1 Å². The third kappa shape index (κ3) is 1.82. The molecule has 0 N–H and O–H groups in total. The molecule has 1 nitrogen and oxygen atoms in total. The quantitative estimate of drug-likeness (QED) is 0.695. The topological polar surface area (TPSA) is 12.9 Å². The van der Waals surface area contributed by atoms with Crippen molar-refractivity contribution in [2.45, 2.75) is 6.42 Å². The average molecular weight is 182 g/mol. The molecule has 0 aliphatic carbocycles. The number of allylic oxidation sites excluding steroid dienone is 2. The molecule has 0 bridgehead atoms. The third-order valence-electron chi connectivity index (χ3n) is 2.15. The molecule has 0 amide bonds. The van der Waals surface area contributed by atoms with E-state index < -0.39 is 0 Å². The van der Waals surface area contributed by atoms with Gasteiger partial charge in [-0.2, -0.15) is 0 Å². The minimum absolute atomic E-state index is 0.855. The van der Waals surface area contributed by atoms with Crippen LogP contribution in [0.4, 0.5) is 0 Å². The minimum Gasteiger partial charge on any atom is -0.253 e. The third-order valence-corrected chi connectivity index (χ3v) is 2.15. The van der Waals surface area contributed by atoms with Gasteiger partial charge in [0.15, 0.2) is 0 Å². The van der Waals surface area contributed by atoms with Crippen molar-refractivity contribution in [3.05, 3.63) is 61.2 Å². The van der Waals surface area contributed by atoms with Crippen LogP contribution in [0.25, 0.3) is 10.9 Å². The lowest BCUT2D eigenvalue weighted by atomic mass is 10.2. The van der Waals surface area contributed by atoms with E-state index in [1.54, 1.807) is 6.08 Å². The van der Waals surface area contributed by atoms with E-state index in [2.05, 4.69) is 30.1 Å². The van der Waals surface area contributed by atoms with Crippen LogP contribution < -0.4 is 0 Å². The van der Waals surface area contributed by atoms with Crippen LogP contribution in [0.1, 0.15) is 5.69 Å². The first-order valence-corrected chi connectivity index (χ1v) is 4.69. The van der Waals surface area contributed by atoms with Crippen molar-refractivity contribution < 1.29 is 0 Å². The summed E-state index contributed by atoms with van der Waals surface area (Å²) in [6.07, 6.45) is 4.67. The van der Waals surface area contributed by atoms with Gasteiger partial charge in [-0.05, 0) is 19.1 Å². The maximum absolute atomic E-state index is 4.53. The van der Waals surface area contributed by atoms with Crippen LogP contribution in [0.5, 0.6) is 0 Å². The zero-order valence-corrected chi connectivity index (χ0v) is 7.98. The molecular weight excluding hydrogens is 170 g/mol. The SMILES string of the molecule is [CH2]/C=C/Cc1ccc2ccccc2n1. The highest BCUT2D eigenvalue weighted by Gasteiger charge is 1.94. The molecule has 0 saturated heterocycles. The number of pyridine rings is 1. The van der Waals surface area contributed by atoms with Crippen LogP contribution >= 0.6 is 0 Å². The molecule has 1 heteroatoms. The number of aromatic nitrogens is 1. The Morgan fingerprint density at radius 1 is 1.14 bits per heavy atom. The smallest absolute Gasteiger partial charge is 0.0705 e. The van der Waals surface area contributed by atoms with Crippen molar-refractivity contribution in [3.8, 4) is 0 Å². The van der Waals surface area contributed by atoms with E-state index in [9.17, 15) is 0 Å². The number of rotatable bonds is 2. The second-order valence-corrected chi connectivity index (χ2v) is 3.17. The van der Waals surface area contributed by atoms with Crippen LogP contribution in [0.3, 0.4) is 0 Å². The molecule has 0 aliphatic rings. The van der Waals surface area contributed by atoms with Gasteiger partial charge in [-0.25, -0.2) is 0 Å². The van der Waals surface area contributed by atoms with Crippen LogP contribution in [-0.2, 0) is 6.42 Å². The standard InChI is InChI=1S/C13H12N/c1-2-3-7-12-10-9-11-6-4-5-8-13(11)14-12/h2-6,8-10H,1,7H2/b3-2+. The number of para-hydroxylation sites is 1. The number of hydrogen-bond acceptors (Lipinski definition) is 1. The highest BCUT2D eigenvalue weighted by atomic mass is 14.7. The number of fused-ring (bicyclic) bond motifs is 1. The molecule has 1 heterocycles. The lowest BCUT2D eigenvalue weighted by Crippen LogP contribution is -1.87. The molecule has 0 unspecified atom stereocenters. The largest absolute Gasteiger partial charge is 0.253 e. The maximum atomic E-state index is 4.53. The molecule has 0 spiro atoms. The Morgan fingerprint density at radius 3 is 2.86 bits per heavy atom. The van der Waals surface area contributed by atoms with Gasteiger partial charge in [0, 0.05) is 17.5 Å². The van der Waals surface area contributed by atoms with E-state index in [0.29, 0.717) is 0 Å². The number of benzene rings is 1. The van der Waals surface area contributed by atoms with Crippen LogP contribution in [0, 0.1) is 6.92 Å². The fraction of sp³-hybridized carbons (Fsp3) is 0.0769. The Bertz CT molecular complexity index is 457. The van der Waals surface area contributed by atoms with E-state index in [-0.39, 0.29) is 0 Å². The summed E-state index contributed by atoms with van der Waals surface area (Å²) in [5, 5.41) is 1.19. The van der Waals surface area contributed by atoms with Gasteiger partial charge in [0.05, 0.1) is 5.52 Å². The van der Waals surface area contributed by atoms with Gasteiger partial charge >= 0.3 is 0 Å². The van der Waals surface area contributed by atoms with Crippen LogP contribution in [0.15, 0.2) is 48.6 Å². The van der Waals surface area contributed by atoms with Gasteiger partial charge in [0.2, 0.25) is 0 Å². The molecule has 2 aromatic rings. The lowest BCUT2D eigenvalue weighted by Gasteiger charge is -1.99. The summed E-state index contributed by atoms with van der Waals surface area (Å²) in [5.41, 5.74) is 2.14. The highest BCUT2D eigenvalue weighted by molar-refractivity contribution is 5.78. The van der Waals surface area contributed by atoms with Crippen LogP contribution in [-0.4, -0.2) is 4.98 Å². The van der Waals surface area contributed by atoms with Crippen molar-refractivity contribution >= 4 is 10.9 Å². The minimum atomic E-state index is 0.855. The summed E-state index contributed by atoms with van der Waals surface area (Å²) in [7, 11) is 0. The molecule has 0 fully saturated rings. The van der Waals surface area contributed by atoms with E-state index in [1.165, 1.54) is 5.39 Å². The lowest BCUT2D eigenvalue weighted by molar-refractivity contribution is 1.14. The van der Waals surface area contributed by atoms with E-state index in [0.717, 1.165) is 17.6 Å². The first kappa shape index (κ1) is 8.95. The van der Waals surface area contributed by atoms with Gasteiger partial charge in [-0.15, -0.1) is 0 Å². The average Bonchev–Trinajstić information content (AvgIpc) is 2.26. The molecule has 2 rings (SSSR count). The molecule has 69 valence electrons. The summed E-state index contributed by atoms with van der Waals surface area (Å²) in [6, 6.07) is 12.3. The molecule has 1 aromatic carbocycles. The van der Waals surface area contributed by atoms with E-state index >= 15 is 0 Å². The van der Waals surface area contributed by atoms with Gasteiger partial charge in [0.25, 0.3) is 0 Å². The molecule has 14 heavy (non-hydrogen) atoms. The van der Waals surface area contributed by atoms with E-state index in [4.69, 9.17) is 0 Å². The second kappa shape index (κ2) is 4.05. The fourth-order valence-electron chi connectivity index (χ4n) is 1.43. The van der Waals surface area contributed by atoms with Crippen molar-refractivity contribution in [2.24, 2.45) is 0 Å². The van der Waals surface area contributed by atoms with E-state index in [1.807, 2.05) is 24.3 Å². The first-order chi connectivity index (χ1) is 6.90. The fourth-order valence-corrected chi connectivity index (χ4v) is 1.43. The molecule has 0 atom stereocenters. The number of nitrogens with zero attached hydrogens (tertiary/aromatic N) is 1. The monoisotopic (exact) mass is 182 g/mol. The number of hydrogen-bond donors (Lipinski definition) is 0. The molecule has 1 aromatic heterocycles. The van der Waals surface area contributed by atoms with Crippen molar-refractivity contribution in [3.63, 3.8) is 0 Å². The highest BCUT2D eigenvalue weighted by Crippen LogP contribution is 2.11. The Hall–Kier alpha value is -1.63. The van der Waals surface area contributed by atoms with Gasteiger partial charge in [-0.3, -0.25) is 4.98 Å². The second-order valence-electron chi connectivity index (χ2n) is 3.17. The molecular formula is C13H12N. The predicted octanol–water partition coefficient (Wildman–Crippen LogP) is 3.17. The van der Waals surface area contributed by atoms with Gasteiger partial charge < -0.3 is 0 Å². The Morgan fingerprint density at radius 2 is 2.00 bits per heavy atom. The molecule has 0 saturated carbocycles. The summed E-state index contributed by atoms with van der Waals surface area (Å²) in [4.78, 5) is 4.53. The zero-order valence-electron chi connectivity index (χ0n) is 7.98. The normalized spacial score (nSPS) is 11.2. The van der Waals surface area contributed by atoms with Gasteiger partial charge in [-0.1, -0.05) is 36.4 Å². The summed E-state index contributed by atoms with van der Waals surface area (Å²) < 4.78 is 0. The Kier molecular flexibility index (Phi) is 2.59.